The summed E-state index contributed by atoms with van der Waals surface area (Å²) in [6.45, 7) is 18.6. The zero-order valence-electron chi connectivity index (χ0n) is 60.3. The minimum Gasteiger partial charge on any atom is -0.483 e. The van der Waals surface area contributed by atoms with E-state index in [0.29, 0.717) is 60.6 Å². The van der Waals surface area contributed by atoms with Gasteiger partial charge in [0.05, 0.1) is 43.3 Å². The molecule has 6 N–H and O–H groups in total. The summed E-state index contributed by atoms with van der Waals surface area (Å²) in [5.41, 5.74) is 10.5. The second-order valence-corrected chi connectivity index (χ2v) is 28.5. The first kappa shape index (κ1) is 81.1. The van der Waals surface area contributed by atoms with Gasteiger partial charge in [0.25, 0.3) is 11.1 Å². The lowest BCUT2D eigenvalue weighted by molar-refractivity contribution is -0.139. The van der Waals surface area contributed by atoms with Gasteiger partial charge in [0.1, 0.15) is 23.7 Å². The minimum atomic E-state index is -1.10. The Morgan fingerprint density at radius 3 is 1.58 bits per heavy atom. The number of benzene rings is 5. The summed E-state index contributed by atoms with van der Waals surface area (Å²) in [5.74, 6) is -5.54. The van der Waals surface area contributed by atoms with E-state index in [4.69, 9.17) is 39.5 Å². The number of nitrogens with zero attached hydrogens (tertiary/aromatic N) is 4. The fourth-order valence-corrected chi connectivity index (χ4v) is 13.6. The van der Waals surface area contributed by atoms with Crippen LogP contribution in [0.3, 0.4) is 0 Å². The maximum atomic E-state index is 14.3. The number of carbonyl (C=O) groups excluding carboxylic acids is 4. The number of carbonyl (C=O) groups is 7. The van der Waals surface area contributed by atoms with E-state index in [-0.39, 0.29) is 60.8 Å². The average Bonchev–Trinajstić information content (AvgIpc) is 0.813. The molecule has 0 fully saturated rings. The molecular weight excluding hydrogens is 1420 g/mol. The summed E-state index contributed by atoms with van der Waals surface area (Å²) in [6.07, 6.45) is 7.75. The Bertz CT molecular complexity index is 4830. The number of pyridine rings is 4. The number of hydrogen-bond acceptors (Lipinski definition) is 12. The largest absolute Gasteiger partial charge is 0.483 e. The lowest BCUT2D eigenvalue weighted by Crippen LogP contribution is -2.40. The van der Waals surface area contributed by atoms with E-state index >= 15 is 0 Å². The Morgan fingerprint density at radius 2 is 1.04 bits per heavy atom. The number of carboxylic acids is 3. The third kappa shape index (κ3) is 21.5. The summed E-state index contributed by atoms with van der Waals surface area (Å²) >= 11 is 18.8. The lowest BCUT2D eigenvalue weighted by Gasteiger charge is -2.29. The highest BCUT2D eigenvalue weighted by Gasteiger charge is 2.37. The van der Waals surface area contributed by atoms with Gasteiger partial charge < -0.3 is 45.1 Å². The molecule has 5 aromatic carbocycles. The molecule has 7 atom stereocenters. The Hall–Kier alpha value is -10.6. The molecule has 5 heterocycles. The lowest BCUT2D eigenvalue weighted by atomic mass is 9.86. The molecule has 0 radical (unpaired) electrons. The summed E-state index contributed by atoms with van der Waals surface area (Å²) in [4.78, 5) is 122. The predicted molar refractivity (Wildman–Crippen MR) is 407 cm³/mol. The third-order valence-corrected chi connectivity index (χ3v) is 18.8. The van der Waals surface area contributed by atoms with Crippen LogP contribution in [0.2, 0.25) is 15.1 Å². The molecule has 9 aromatic rings. The monoisotopic (exact) mass is 1500 g/mol. The van der Waals surface area contributed by atoms with Crippen molar-refractivity contribution in [2.45, 2.75) is 150 Å². The number of amides is 3. The summed E-state index contributed by atoms with van der Waals surface area (Å²) in [7, 11) is 0. The Labute approximate surface area is 629 Å². The van der Waals surface area contributed by atoms with Crippen molar-refractivity contribution in [1.29, 1.82) is 0 Å². The minimum absolute atomic E-state index is 0.0176. The number of nitrogens with one attached hydrogen (secondary N) is 3. The van der Waals surface area contributed by atoms with Gasteiger partial charge in [-0.25, -0.2) is 4.39 Å². The number of hydrogen-bond donors (Lipinski definition) is 6. The van der Waals surface area contributed by atoms with Gasteiger partial charge in [0.15, 0.2) is 11.9 Å². The first-order valence-electron chi connectivity index (χ1n) is 34.5. The number of ether oxygens (including phenoxy) is 1. The van der Waals surface area contributed by atoms with Crippen LogP contribution in [0.4, 0.5) is 4.39 Å². The maximum absolute atomic E-state index is 14.3. The Balaban J connectivity index is 0.000000201. The van der Waals surface area contributed by atoms with Crippen LogP contribution in [0.15, 0.2) is 180 Å². The van der Waals surface area contributed by atoms with E-state index in [1.54, 1.807) is 87.0 Å². The molecule has 0 saturated heterocycles. The van der Waals surface area contributed by atoms with Crippen molar-refractivity contribution in [2.24, 2.45) is 11.8 Å². The molecule has 0 bridgehead atoms. The average molecular weight is 1500 g/mol. The van der Waals surface area contributed by atoms with Gasteiger partial charge in [-0.2, -0.15) is 0 Å². The molecular formula is C82H85Cl3FN7O13. The standard InChI is InChI=1S/C28H26ClNO5.C28H32FN3O4.C26H27Cl2N3O4/c1-16-6-3-4-9-21(16)18-7-5-8-19(12-18)24(15-27(32)33)30-26(31)14-23-22-13-20(29)10-11-25(22)35-17(2)28(23)34;1-16(2)9-24(32-15-22(29)19(5)10-25(32)33)28(36)31-23(12-26(34)35)20-11-21(14-30-13-20)27-17(3)7-6-8-18(27)4;1-15(2)9-22(31-8-7-16(3)10-23(31)32)26(35)30-21(12-24(33)34)17-11-18(14-29-13-17)25-19(27)5-4-6-20(25)28/h3-13,17,23-24H,14-15H2,1-2H3,(H,30,31)(H,32,33);6-8,10-11,13-16,23-24H,9,12H2,1-5H3,(H,31,36)(H,34,35);4-8,10-11,13-15,21-22H,9,12H2,1-3H3,(H,30,35)(H,33,34)/t17?,23?,24-;23-,24-;21-,22?/m011/s1. The SMILES string of the molecule is Cc1cc(=O)n([C@H](CC(C)C)C(=O)N[C@H](CC(=O)O)c2cncc(-c3c(C)cccc3C)c2)cc1F.Cc1ccccc1-c1cccc([C@H](CC(=O)O)NC(=O)CC2C(=O)C(C)Oc3ccc(Cl)cc32)c1.Cc1ccn(C(CC(C)C)C(=O)N[C@H](CC(=O)O)c2cncc(-c3c(Cl)cccc3Cl)c2)c(=O)c1. The van der Waals surface area contributed by atoms with E-state index in [0.717, 1.165) is 61.3 Å². The molecule has 554 valence electrons. The number of carboxylic acid groups (broad SMARTS) is 3. The van der Waals surface area contributed by atoms with Crippen molar-refractivity contribution in [3.8, 4) is 39.1 Å². The first-order valence-corrected chi connectivity index (χ1v) is 35.6. The van der Waals surface area contributed by atoms with Gasteiger partial charge in [-0.3, -0.25) is 53.1 Å². The molecule has 1 aliphatic rings. The van der Waals surface area contributed by atoms with E-state index in [2.05, 4.69) is 25.9 Å². The van der Waals surface area contributed by atoms with Gasteiger partial charge in [-0.1, -0.05) is 129 Å². The van der Waals surface area contributed by atoms with E-state index in [1.807, 2.05) is 115 Å². The number of aryl methyl sites for hydroxylation is 5. The van der Waals surface area contributed by atoms with Gasteiger partial charge in [-0.15, -0.1) is 0 Å². The second-order valence-electron chi connectivity index (χ2n) is 27.2. The number of Topliss-reactive ketones (excluding diaryl/α,β-unsaturated/α-hetero) is 1. The van der Waals surface area contributed by atoms with Crippen LogP contribution in [0.25, 0.3) is 33.4 Å². The van der Waals surface area contributed by atoms with Crippen LogP contribution in [-0.4, -0.2) is 81.9 Å². The van der Waals surface area contributed by atoms with Gasteiger partial charge in [0.2, 0.25) is 17.7 Å². The van der Waals surface area contributed by atoms with Crippen LogP contribution in [0.5, 0.6) is 5.75 Å². The third-order valence-electron chi connectivity index (χ3n) is 18.0. The topological polar surface area (TPSA) is 295 Å². The number of rotatable bonds is 25. The van der Waals surface area contributed by atoms with Crippen LogP contribution >= 0.6 is 34.8 Å². The summed E-state index contributed by atoms with van der Waals surface area (Å²) in [5, 5.41) is 38.4. The summed E-state index contributed by atoms with van der Waals surface area (Å²) in [6, 6.07) is 35.0. The number of aliphatic carboxylic acids is 3. The van der Waals surface area contributed by atoms with Crippen molar-refractivity contribution in [3.05, 3.63) is 262 Å². The van der Waals surface area contributed by atoms with Crippen molar-refractivity contribution in [2.75, 3.05) is 0 Å². The highest BCUT2D eigenvalue weighted by Crippen LogP contribution is 2.40. The fourth-order valence-electron chi connectivity index (χ4n) is 12.8. The molecule has 0 spiro atoms. The van der Waals surface area contributed by atoms with Crippen LogP contribution in [0.1, 0.15) is 159 Å². The number of fused-ring (bicyclic) bond motifs is 1. The van der Waals surface area contributed by atoms with Crippen molar-refractivity contribution < 1.29 is 58.0 Å². The molecule has 4 aromatic heterocycles. The van der Waals surface area contributed by atoms with Gasteiger partial charge >= 0.3 is 17.9 Å². The molecule has 106 heavy (non-hydrogen) atoms. The van der Waals surface area contributed by atoms with Crippen LogP contribution < -0.4 is 31.8 Å². The molecule has 3 unspecified atom stereocenters. The molecule has 24 heteroatoms. The predicted octanol–water partition coefficient (Wildman–Crippen LogP) is 15.8. The normalized spacial score (nSPS) is 14.5. The Morgan fingerprint density at radius 1 is 0.538 bits per heavy atom. The van der Waals surface area contributed by atoms with E-state index in [1.165, 1.54) is 30.0 Å². The van der Waals surface area contributed by atoms with Crippen molar-refractivity contribution in [3.63, 3.8) is 0 Å². The fraction of sp³-hybridized carbons (Fsp3) is 0.305. The van der Waals surface area contributed by atoms with Crippen molar-refractivity contribution >= 4 is 76.2 Å². The molecule has 0 saturated carbocycles. The highest BCUT2D eigenvalue weighted by atomic mass is 35.5. The zero-order chi connectivity index (χ0) is 77.4. The molecule has 0 aliphatic carbocycles. The summed E-state index contributed by atoms with van der Waals surface area (Å²) < 4.78 is 22.4. The number of aromatic nitrogens is 4. The van der Waals surface area contributed by atoms with Gasteiger partial charge in [-0.05, 0) is 182 Å². The second kappa shape index (κ2) is 36.9. The zero-order valence-corrected chi connectivity index (χ0v) is 62.6. The molecule has 20 nitrogen and oxygen atoms in total. The van der Waals surface area contributed by atoms with E-state index in [9.17, 15) is 62.9 Å². The molecule has 10 rings (SSSR count). The highest BCUT2D eigenvalue weighted by molar-refractivity contribution is 6.39. The molecule has 1 aliphatic heterocycles. The Kier molecular flexibility index (Phi) is 28.2. The smallest absolute Gasteiger partial charge is 0.305 e. The van der Waals surface area contributed by atoms with E-state index < -0.39 is 89.2 Å². The number of ketones is 1. The number of halogens is 4. The quantitative estimate of drug-likeness (QED) is 0.0310. The first-order chi connectivity index (χ1) is 50.3. The van der Waals surface area contributed by atoms with Crippen LogP contribution in [-0.2, 0) is 33.6 Å². The molecule has 3 amide bonds. The maximum Gasteiger partial charge on any atom is 0.305 e. The van der Waals surface area contributed by atoms with Crippen LogP contribution in [0, 0.1) is 52.3 Å². The van der Waals surface area contributed by atoms with Crippen molar-refractivity contribution in [1.82, 2.24) is 35.1 Å². The van der Waals surface area contributed by atoms with Gasteiger partial charge in [0, 0.05) is 93.1 Å².